The number of nitrogens with one attached hydrogen (secondary N) is 2. The molecular weight excluding hydrogens is 532 g/mol. The van der Waals surface area contributed by atoms with Gasteiger partial charge in [-0.05, 0) is 34.4 Å². The molecule has 0 radical (unpaired) electrons. The van der Waals surface area contributed by atoms with Crippen LogP contribution in [0.1, 0.15) is 47.1 Å². The summed E-state index contributed by atoms with van der Waals surface area (Å²) in [6.07, 6.45) is -0.708. The minimum atomic E-state index is -0.522. The number of urea groups is 1. The van der Waals surface area contributed by atoms with E-state index in [0.717, 1.165) is 33.6 Å². The second-order valence-electron chi connectivity index (χ2n) is 10.2. The van der Waals surface area contributed by atoms with Gasteiger partial charge in [-0.25, -0.2) is 4.79 Å². The van der Waals surface area contributed by atoms with Crippen molar-refractivity contribution in [2.24, 2.45) is 5.92 Å². The molecule has 1 saturated heterocycles. The lowest BCUT2D eigenvalue weighted by molar-refractivity contribution is -0.268. The maximum atomic E-state index is 12.3. The number of ether oxygens (including phenoxy) is 2. The molecule has 1 aliphatic rings. The lowest BCUT2D eigenvalue weighted by Gasteiger charge is -2.41. The molecule has 0 spiro atoms. The van der Waals surface area contributed by atoms with Crippen LogP contribution in [-0.2, 0) is 29.2 Å². The third-order valence-corrected chi connectivity index (χ3v) is 8.38. The van der Waals surface area contributed by atoms with Crippen molar-refractivity contribution in [2.75, 3.05) is 5.75 Å². The van der Waals surface area contributed by atoms with Crippen molar-refractivity contribution in [3.8, 4) is 0 Å². The monoisotopic (exact) mass is 568 g/mol. The average molecular weight is 569 g/mol. The van der Waals surface area contributed by atoms with E-state index in [9.17, 15) is 9.90 Å². The van der Waals surface area contributed by atoms with Gasteiger partial charge in [-0.15, -0.1) is 11.8 Å². The van der Waals surface area contributed by atoms with E-state index in [1.807, 2.05) is 97.1 Å². The largest absolute Gasteiger partial charge is 0.392 e. The Morgan fingerprint density at radius 3 is 1.93 bits per heavy atom. The smallest absolute Gasteiger partial charge is 0.315 e. The van der Waals surface area contributed by atoms with E-state index in [1.54, 1.807) is 11.8 Å². The fourth-order valence-corrected chi connectivity index (χ4v) is 5.91. The molecule has 1 heterocycles. The molecular formula is C34H36N2O4S. The highest BCUT2D eigenvalue weighted by Crippen LogP contribution is 2.43. The number of carbonyl (C=O) groups is 1. The molecule has 0 aromatic heterocycles. The number of aliphatic hydroxyl groups excluding tert-OH is 1. The molecule has 0 unspecified atom stereocenters. The first-order valence-corrected chi connectivity index (χ1v) is 14.9. The molecule has 0 aliphatic carbocycles. The van der Waals surface area contributed by atoms with Crippen LogP contribution in [0.3, 0.4) is 0 Å². The van der Waals surface area contributed by atoms with Crippen LogP contribution in [0.15, 0.2) is 114 Å². The normalized spacial score (nSPS) is 20.3. The molecule has 3 N–H and O–H groups in total. The third kappa shape index (κ3) is 7.99. The molecule has 1 aliphatic heterocycles. The molecule has 2 amide bonds. The van der Waals surface area contributed by atoms with Crippen molar-refractivity contribution in [1.82, 2.24) is 10.6 Å². The minimum absolute atomic E-state index is 0.0132. The number of hydrogen-bond donors (Lipinski definition) is 3. The Kier molecular flexibility index (Phi) is 10.1. The first-order valence-electron chi connectivity index (χ1n) is 13.9. The van der Waals surface area contributed by atoms with E-state index in [1.165, 1.54) is 4.90 Å². The lowest BCUT2D eigenvalue weighted by atomic mass is 9.91. The van der Waals surface area contributed by atoms with Crippen LogP contribution in [0.4, 0.5) is 4.79 Å². The van der Waals surface area contributed by atoms with Gasteiger partial charge < -0.3 is 25.2 Å². The Hall–Kier alpha value is -3.62. The maximum absolute atomic E-state index is 12.3. The van der Waals surface area contributed by atoms with Gasteiger partial charge in [0.1, 0.15) is 0 Å². The average Bonchev–Trinajstić information content (AvgIpc) is 3.03. The zero-order chi connectivity index (χ0) is 28.4. The van der Waals surface area contributed by atoms with Crippen molar-refractivity contribution in [1.29, 1.82) is 0 Å². The molecule has 4 aromatic carbocycles. The molecule has 0 bridgehead atoms. The van der Waals surface area contributed by atoms with E-state index < -0.39 is 6.29 Å². The Bertz CT molecular complexity index is 1370. The molecule has 5 rings (SSSR count). The van der Waals surface area contributed by atoms with Gasteiger partial charge in [0.2, 0.25) is 0 Å². The number of benzene rings is 4. The number of carbonyl (C=O) groups excluding carboxylic acids is 1. The molecule has 41 heavy (non-hydrogen) atoms. The SMILES string of the molecule is C[C@H]1[C@@H](CSc2ccccc2)O[C@@H](c2ccc(CNC(=O)NCc3ccccc3)cc2)O[C@H]1c1ccc(CO)cc1. The van der Waals surface area contributed by atoms with Crippen LogP contribution >= 0.6 is 11.8 Å². The van der Waals surface area contributed by atoms with Gasteiger partial charge in [-0.1, -0.05) is 104 Å². The molecule has 6 nitrogen and oxygen atoms in total. The van der Waals surface area contributed by atoms with Crippen molar-refractivity contribution in [3.63, 3.8) is 0 Å². The van der Waals surface area contributed by atoms with Crippen LogP contribution in [0.2, 0.25) is 0 Å². The topological polar surface area (TPSA) is 79.8 Å². The Morgan fingerprint density at radius 1 is 0.732 bits per heavy atom. The first-order chi connectivity index (χ1) is 20.1. The highest BCUT2D eigenvalue weighted by molar-refractivity contribution is 7.99. The predicted molar refractivity (Wildman–Crippen MR) is 162 cm³/mol. The van der Waals surface area contributed by atoms with Crippen LogP contribution in [0.5, 0.6) is 0 Å². The number of amides is 2. The van der Waals surface area contributed by atoms with E-state index in [4.69, 9.17) is 9.47 Å². The van der Waals surface area contributed by atoms with Gasteiger partial charge in [0.15, 0.2) is 6.29 Å². The second-order valence-corrected chi connectivity index (χ2v) is 11.3. The van der Waals surface area contributed by atoms with Crippen molar-refractivity contribution >= 4 is 17.8 Å². The molecule has 0 saturated carbocycles. The van der Waals surface area contributed by atoms with Gasteiger partial charge in [0, 0.05) is 35.2 Å². The molecule has 4 aromatic rings. The van der Waals surface area contributed by atoms with Crippen molar-refractivity contribution < 1.29 is 19.4 Å². The van der Waals surface area contributed by atoms with Crippen LogP contribution < -0.4 is 10.6 Å². The maximum Gasteiger partial charge on any atom is 0.315 e. The number of thioether (sulfide) groups is 1. The summed E-state index contributed by atoms with van der Waals surface area (Å²) in [6.45, 7) is 3.09. The number of aliphatic hydroxyl groups is 1. The van der Waals surface area contributed by atoms with Crippen LogP contribution in [0, 0.1) is 5.92 Å². The van der Waals surface area contributed by atoms with Gasteiger partial charge in [-0.3, -0.25) is 0 Å². The Labute approximate surface area is 246 Å². The number of rotatable bonds is 10. The molecule has 4 atom stereocenters. The van der Waals surface area contributed by atoms with Gasteiger partial charge in [0.05, 0.1) is 18.8 Å². The summed E-state index contributed by atoms with van der Waals surface area (Å²) >= 11 is 1.79. The zero-order valence-electron chi connectivity index (χ0n) is 23.1. The summed E-state index contributed by atoms with van der Waals surface area (Å²) in [6, 6.07) is 35.9. The van der Waals surface area contributed by atoms with Gasteiger partial charge >= 0.3 is 6.03 Å². The van der Waals surface area contributed by atoms with Crippen molar-refractivity contribution in [2.45, 2.75) is 50.0 Å². The third-order valence-electron chi connectivity index (χ3n) is 7.28. The fourth-order valence-electron chi connectivity index (χ4n) is 4.82. The van der Waals surface area contributed by atoms with Gasteiger partial charge in [-0.2, -0.15) is 0 Å². The lowest BCUT2D eigenvalue weighted by Crippen LogP contribution is -2.38. The quantitative estimate of drug-likeness (QED) is 0.184. The second kappa shape index (κ2) is 14.3. The zero-order valence-corrected chi connectivity index (χ0v) is 23.9. The molecule has 212 valence electrons. The van der Waals surface area contributed by atoms with Crippen LogP contribution in [-0.4, -0.2) is 23.0 Å². The molecule has 7 heteroatoms. The van der Waals surface area contributed by atoms with E-state index in [0.29, 0.717) is 13.1 Å². The summed E-state index contributed by atoms with van der Waals surface area (Å²) < 4.78 is 13.1. The minimum Gasteiger partial charge on any atom is -0.392 e. The molecule has 1 fully saturated rings. The summed E-state index contributed by atoms with van der Waals surface area (Å²) in [7, 11) is 0. The summed E-state index contributed by atoms with van der Waals surface area (Å²) in [4.78, 5) is 13.5. The Morgan fingerprint density at radius 2 is 1.29 bits per heavy atom. The standard InChI is InChI=1S/C34H36N2O4S/c1-24-31(23-41-30-10-6-3-7-11-30)39-33(40-32(24)28-16-14-27(22-37)15-17-28)29-18-12-26(13-19-29)21-36-34(38)35-20-25-8-4-2-5-9-25/h2-19,24,31-33,37H,20-23H2,1H3,(H2,35,36,38)/t24-,31+,32+,33+/m0/s1. The summed E-state index contributed by atoms with van der Waals surface area (Å²) in [5.74, 6) is 0.927. The highest BCUT2D eigenvalue weighted by atomic mass is 32.2. The van der Waals surface area contributed by atoms with Gasteiger partial charge in [0.25, 0.3) is 0 Å². The summed E-state index contributed by atoms with van der Waals surface area (Å²) in [5, 5.41) is 15.3. The van der Waals surface area contributed by atoms with E-state index >= 15 is 0 Å². The fraction of sp³-hybridized carbons (Fsp3) is 0.265. The van der Waals surface area contributed by atoms with Crippen molar-refractivity contribution in [3.05, 3.63) is 137 Å². The first kappa shape index (κ1) is 28.9. The Balaban J connectivity index is 1.24. The van der Waals surface area contributed by atoms with E-state index in [2.05, 4.69) is 29.7 Å². The highest BCUT2D eigenvalue weighted by Gasteiger charge is 2.38. The van der Waals surface area contributed by atoms with Crippen LogP contribution in [0.25, 0.3) is 0 Å². The number of hydrogen-bond acceptors (Lipinski definition) is 5. The van der Waals surface area contributed by atoms with E-state index in [-0.39, 0.29) is 30.8 Å². The summed E-state index contributed by atoms with van der Waals surface area (Å²) in [5.41, 5.74) is 4.91. The predicted octanol–water partition coefficient (Wildman–Crippen LogP) is 6.76.